The summed E-state index contributed by atoms with van der Waals surface area (Å²) >= 11 is 4.80. The van der Waals surface area contributed by atoms with Crippen LogP contribution in [-0.4, -0.2) is 37.3 Å². The lowest BCUT2D eigenvalue weighted by atomic mass is 10.2. The van der Waals surface area contributed by atoms with Crippen molar-refractivity contribution >= 4 is 45.5 Å². The molecule has 0 fully saturated rings. The van der Waals surface area contributed by atoms with Gasteiger partial charge < -0.3 is 9.47 Å². The monoisotopic (exact) mass is 465 g/mol. The van der Waals surface area contributed by atoms with Gasteiger partial charge >= 0.3 is 5.97 Å². The van der Waals surface area contributed by atoms with E-state index in [0.717, 1.165) is 20.5 Å². The van der Waals surface area contributed by atoms with E-state index in [1.54, 1.807) is 12.1 Å². The minimum absolute atomic E-state index is 0.0711. The zero-order chi connectivity index (χ0) is 20.7. The van der Waals surface area contributed by atoms with Gasteiger partial charge in [-0.25, -0.2) is 0 Å². The highest BCUT2D eigenvalue weighted by Gasteiger charge is 2.13. The van der Waals surface area contributed by atoms with Crippen LogP contribution in [0.4, 0.5) is 0 Å². The first kappa shape index (κ1) is 22.0. The van der Waals surface area contributed by atoms with Gasteiger partial charge in [0.15, 0.2) is 6.61 Å². The summed E-state index contributed by atoms with van der Waals surface area (Å²) in [7, 11) is 1.52. The van der Waals surface area contributed by atoms with Crippen molar-refractivity contribution < 1.29 is 23.9 Å². The van der Waals surface area contributed by atoms with Gasteiger partial charge in [0.2, 0.25) is 0 Å². The number of aryl methyl sites for hydroxylation is 2. The van der Waals surface area contributed by atoms with Crippen molar-refractivity contribution in [3.8, 4) is 5.75 Å². The normalized spacial score (nSPS) is 10.3. The largest absolute Gasteiger partial charge is 0.497 e. The molecular formula is C20H20BrNO5S. The molecule has 0 atom stereocenters. The van der Waals surface area contributed by atoms with Gasteiger partial charge in [-0.3, -0.25) is 19.7 Å². The van der Waals surface area contributed by atoms with Crippen molar-refractivity contribution in [2.75, 3.05) is 19.5 Å². The van der Waals surface area contributed by atoms with Crippen LogP contribution in [0.25, 0.3) is 0 Å². The highest BCUT2D eigenvalue weighted by atomic mass is 79.9. The molecule has 8 heteroatoms. The Morgan fingerprint density at radius 2 is 1.75 bits per heavy atom. The van der Waals surface area contributed by atoms with Gasteiger partial charge in [-0.05, 0) is 61.4 Å². The minimum atomic E-state index is -0.685. The molecule has 2 amide bonds. The summed E-state index contributed by atoms with van der Waals surface area (Å²) in [6.45, 7) is 3.41. The summed E-state index contributed by atoms with van der Waals surface area (Å²) in [5.74, 6) is -1.11. The number of carbonyl (C=O) groups excluding carboxylic acids is 3. The smallest absolute Gasteiger partial charge is 0.316 e. The third kappa shape index (κ3) is 6.38. The second kappa shape index (κ2) is 10.3. The van der Waals surface area contributed by atoms with E-state index < -0.39 is 24.4 Å². The number of imide groups is 1. The molecule has 0 aliphatic rings. The van der Waals surface area contributed by atoms with Gasteiger partial charge in [-0.2, -0.15) is 0 Å². The number of nitrogens with one attached hydrogen (secondary N) is 1. The highest BCUT2D eigenvalue weighted by Crippen LogP contribution is 2.28. The van der Waals surface area contributed by atoms with Gasteiger partial charge in [-0.1, -0.05) is 15.9 Å². The molecule has 0 spiro atoms. The molecule has 2 aromatic carbocycles. The Bertz CT molecular complexity index is 883. The molecule has 0 unspecified atom stereocenters. The van der Waals surface area contributed by atoms with E-state index in [2.05, 4.69) is 21.2 Å². The Labute approximate surface area is 176 Å². The fourth-order valence-corrected chi connectivity index (χ4v) is 3.57. The fourth-order valence-electron chi connectivity index (χ4n) is 2.21. The Morgan fingerprint density at radius 1 is 1.07 bits per heavy atom. The molecule has 148 valence electrons. The summed E-state index contributed by atoms with van der Waals surface area (Å²) in [6, 6.07) is 10.3. The third-order valence-corrected chi connectivity index (χ3v) is 5.76. The first-order chi connectivity index (χ1) is 13.3. The third-order valence-electron chi connectivity index (χ3n) is 3.77. The van der Waals surface area contributed by atoms with E-state index in [1.807, 2.05) is 26.0 Å². The average molecular weight is 466 g/mol. The standard InChI is InChI=1S/C20H20BrNO5S/c1-12-9-17(13(2)8-16(12)21)28-11-19(24)27-10-18(23)22-20(25)14-4-6-15(26-3)7-5-14/h4-9H,10-11H2,1-3H3,(H,22,23,25). The van der Waals surface area contributed by atoms with Crippen molar-refractivity contribution in [1.82, 2.24) is 5.32 Å². The first-order valence-corrected chi connectivity index (χ1v) is 10.1. The Hall–Kier alpha value is -2.32. The van der Waals surface area contributed by atoms with Crippen molar-refractivity contribution in [3.05, 3.63) is 57.6 Å². The van der Waals surface area contributed by atoms with Crippen LogP contribution in [0.5, 0.6) is 5.75 Å². The highest BCUT2D eigenvalue weighted by molar-refractivity contribution is 9.10. The molecular weight excluding hydrogens is 446 g/mol. The van der Waals surface area contributed by atoms with Gasteiger partial charge in [0.1, 0.15) is 5.75 Å². The molecule has 2 aromatic rings. The zero-order valence-electron chi connectivity index (χ0n) is 15.7. The second-order valence-corrected chi connectivity index (χ2v) is 7.79. The predicted octanol–water partition coefficient (Wildman–Crippen LogP) is 3.67. The number of benzene rings is 2. The first-order valence-electron chi connectivity index (χ1n) is 8.33. The lowest BCUT2D eigenvalue weighted by Crippen LogP contribution is -2.34. The van der Waals surface area contributed by atoms with Crippen LogP contribution in [0, 0.1) is 13.8 Å². The van der Waals surface area contributed by atoms with Crippen LogP contribution in [0.2, 0.25) is 0 Å². The van der Waals surface area contributed by atoms with Crippen molar-refractivity contribution in [1.29, 1.82) is 0 Å². The predicted molar refractivity (Wildman–Crippen MR) is 111 cm³/mol. The van der Waals surface area contributed by atoms with Crippen LogP contribution in [0.1, 0.15) is 21.5 Å². The van der Waals surface area contributed by atoms with Gasteiger partial charge in [-0.15, -0.1) is 11.8 Å². The van der Waals surface area contributed by atoms with E-state index in [4.69, 9.17) is 9.47 Å². The number of halogens is 1. The van der Waals surface area contributed by atoms with Crippen LogP contribution in [0.3, 0.4) is 0 Å². The van der Waals surface area contributed by atoms with E-state index >= 15 is 0 Å². The number of esters is 1. The van der Waals surface area contributed by atoms with E-state index in [1.165, 1.54) is 31.0 Å². The minimum Gasteiger partial charge on any atom is -0.497 e. The second-order valence-electron chi connectivity index (χ2n) is 5.92. The average Bonchev–Trinajstić information content (AvgIpc) is 2.68. The van der Waals surface area contributed by atoms with E-state index in [0.29, 0.717) is 11.3 Å². The van der Waals surface area contributed by atoms with Crippen molar-refractivity contribution in [3.63, 3.8) is 0 Å². The Morgan fingerprint density at radius 3 is 2.39 bits per heavy atom. The van der Waals surface area contributed by atoms with Gasteiger partial charge in [0, 0.05) is 14.9 Å². The molecule has 6 nitrogen and oxygen atoms in total. The number of hydrogen-bond donors (Lipinski definition) is 1. The van der Waals surface area contributed by atoms with Gasteiger partial charge in [0.25, 0.3) is 11.8 Å². The number of hydrogen-bond acceptors (Lipinski definition) is 6. The lowest BCUT2D eigenvalue weighted by Gasteiger charge is -2.09. The molecule has 1 N–H and O–H groups in total. The SMILES string of the molecule is COc1ccc(C(=O)NC(=O)COC(=O)CSc2cc(C)c(Br)cc2C)cc1. The van der Waals surface area contributed by atoms with E-state index in [9.17, 15) is 14.4 Å². The molecule has 0 saturated heterocycles. The fraction of sp³-hybridized carbons (Fsp3) is 0.250. The van der Waals surface area contributed by atoms with Gasteiger partial charge in [0.05, 0.1) is 12.9 Å². The quantitative estimate of drug-likeness (QED) is 0.496. The molecule has 0 aromatic heterocycles. The summed E-state index contributed by atoms with van der Waals surface area (Å²) < 4.78 is 11.0. The molecule has 0 aliphatic heterocycles. The van der Waals surface area contributed by atoms with Crippen molar-refractivity contribution in [2.45, 2.75) is 18.7 Å². The summed E-state index contributed by atoms with van der Waals surface area (Å²) in [6.07, 6.45) is 0. The maximum absolute atomic E-state index is 12.0. The number of rotatable bonds is 7. The van der Waals surface area contributed by atoms with E-state index in [-0.39, 0.29) is 5.75 Å². The molecule has 0 saturated carbocycles. The number of methoxy groups -OCH3 is 1. The molecule has 0 bridgehead atoms. The van der Waals surface area contributed by atoms with Crippen LogP contribution in [0.15, 0.2) is 45.8 Å². The van der Waals surface area contributed by atoms with Crippen LogP contribution < -0.4 is 10.1 Å². The molecule has 0 aliphatic carbocycles. The van der Waals surface area contributed by atoms with Crippen LogP contribution in [-0.2, 0) is 14.3 Å². The number of amides is 2. The Kier molecular flexibility index (Phi) is 8.07. The molecule has 0 radical (unpaired) electrons. The van der Waals surface area contributed by atoms with Crippen LogP contribution >= 0.6 is 27.7 Å². The molecule has 28 heavy (non-hydrogen) atoms. The maximum Gasteiger partial charge on any atom is 0.316 e. The summed E-state index contributed by atoms with van der Waals surface area (Å²) in [5.41, 5.74) is 2.41. The zero-order valence-corrected chi connectivity index (χ0v) is 18.1. The summed E-state index contributed by atoms with van der Waals surface area (Å²) in [5, 5.41) is 2.18. The molecule has 2 rings (SSSR count). The number of carbonyl (C=O) groups is 3. The topological polar surface area (TPSA) is 81.7 Å². The number of ether oxygens (including phenoxy) is 2. The number of thioether (sulfide) groups is 1. The van der Waals surface area contributed by atoms with Crippen molar-refractivity contribution in [2.24, 2.45) is 0 Å². The maximum atomic E-state index is 12.0. The lowest BCUT2D eigenvalue weighted by molar-refractivity contribution is -0.145. The summed E-state index contributed by atoms with van der Waals surface area (Å²) in [4.78, 5) is 36.7. The molecule has 0 heterocycles. The Balaban J connectivity index is 1.78.